The van der Waals surface area contributed by atoms with Gasteiger partial charge in [-0.25, -0.2) is 9.79 Å². The van der Waals surface area contributed by atoms with Gasteiger partial charge in [-0.2, -0.15) is 0 Å². The molecule has 2 atom stereocenters. The fraction of sp³-hybridized carbons (Fsp3) is 0.714. The topological polar surface area (TPSA) is 78.8 Å². The van der Waals surface area contributed by atoms with E-state index in [0.717, 1.165) is 0 Å². The summed E-state index contributed by atoms with van der Waals surface area (Å²) < 4.78 is 0. The third kappa shape index (κ3) is 2.15. The molecule has 5 heteroatoms. The monoisotopic (exact) mass is 170 g/mol. The van der Waals surface area contributed by atoms with E-state index < -0.39 is 12.0 Å². The van der Waals surface area contributed by atoms with Crippen molar-refractivity contribution in [2.75, 3.05) is 6.54 Å². The highest BCUT2D eigenvalue weighted by Gasteiger charge is 2.25. The molecule has 0 saturated carbocycles. The Balaban J connectivity index is 2.51. The van der Waals surface area contributed by atoms with Gasteiger partial charge in [0.1, 0.15) is 6.04 Å². The van der Waals surface area contributed by atoms with Crippen LogP contribution < -0.4 is 5.32 Å². The van der Waals surface area contributed by atoms with Crippen molar-refractivity contribution in [1.29, 1.82) is 0 Å². The Morgan fingerprint density at radius 3 is 3.00 bits per heavy atom. The standard InChI is InChI=1S/C7H10N2O3/c10-4-9-5-1-2-8-6(3-5)7(11)12/h5-6,8H,1-3H2,(H,11,12). The van der Waals surface area contributed by atoms with Crippen molar-refractivity contribution in [1.82, 2.24) is 5.32 Å². The number of aliphatic carboxylic acids is 1. The Bertz CT molecular complexity index is 215. The third-order valence-corrected chi connectivity index (χ3v) is 1.91. The molecule has 1 aliphatic heterocycles. The highest BCUT2D eigenvalue weighted by molar-refractivity contribution is 5.73. The highest BCUT2D eigenvalue weighted by atomic mass is 16.4. The summed E-state index contributed by atoms with van der Waals surface area (Å²) in [4.78, 5) is 23.9. The number of nitrogens with one attached hydrogen (secondary N) is 1. The number of hydrogen-bond donors (Lipinski definition) is 2. The average molecular weight is 170 g/mol. The van der Waals surface area contributed by atoms with E-state index in [4.69, 9.17) is 5.11 Å². The zero-order valence-electron chi connectivity index (χ0n) is 6.49. The summed E-state index contributed by atoms with van der Waals surface area (Å²) in [6.45, 7) is 0.590. The van der Waals surface area contributed by atoms with Crippen LogP contribution in [-0.2, 0) is 9.59 Å². The summed E-state index contributed by atoms with van der Waals surface area (Å²) in [6.07, 6.45) is 2.54. The van der Waals surface area contributed by atoms with Crippen LogP contribution >= 0.6 is 0 Å². The molecule has 1 saturated heterocycles. The van der Waals surface area contributed by atoms with Crippen molar-refractivity contribution in [3.05, 3.63) is 0 Å². The minimum atomic E-state index is -0.888. The van der Waals surface area contributed by atoms with Crippen LogP contribution in [0.4, 0.5) is 0 Å². The number of aliphatic imine (C=N–C) groups is 1. The van der Waals surface area contributed by atoms with Crippen LogP contribution in [0, 0.1) is 0 Å². The summed E-state index contributed by atoms with van der Waals surface area (Å²) >= 11 is 0. The Kier molecular flexibility index (Phi) is 2.96. The summed E-state index contributed by atoms with van der Waals surface area (Å²) in [6, 6.07) is -0.745. The molecule has 0 radical (unpaired) electrons. The van der Waals surface area contributed by atoms with Gasteiger partial charge in [-0.15, -0.1) is 0 Å². The van der Waals surface area contributed by atoms with Crippen molar-refractivity contribution in [2.24, 2.45) is 4.99 Å². The minimum Gasteiger partial charge on any atom is -0.480 e. The van der Waals surface area contributed by atoms with Crippen LogP contribution in [0.3, 0.4) is 0 Å². The number of isocyanates is 1. The van der Waals surface area contributed by atoms with Crippen LogP contribution in [0.2, 0.25) is 0 Å². The molecule has 0 spiro atoms. The van der Waals surface area contributed by atoms with Gasteiger partial charge in [0.05, 0.1) is 6.04 Å². The highest BCUT2D eigenvalue weighted by Crippen LogP contribution is 2.11. The lowest BCUT2D eigenvalue weighted by molar-refractivity contribution is -0.140. The van der Waals surface area contributed by atoms with Crippen molar-refractivity contribution >= 4 is 12.0 Å². The zero-order chi connectivity index (χ0) is 8.97. The number of hydrogen-bond acceptors (Lipinski definition) is 4. The Morgan fingerprint density at radius 1 is 1.67 bits per heavy atom. The van der Waals surface area contributed by atoms with E-state index in [2.05, 4.69) is 10.3 Å². The number of carboxylic acids is 1. The van der Waals surface area contributed by atoms with Crippen molar-refractivity contribution in [3.8, 4) is 0 Å². The molecule has 1 heterocycles. The summed E-state index contributed by atoms with van der Waals surface area (Å²) in [5, 5.41) is 11.4. The average Bonchev–Trinajstić information content (AvgIpc) is 2.05. The Labute approximate surface area is 69.5 Å². The van der Waals surface area contributed by atoms with E-state index >= 15 is 0 Å². The Hall–Kier alpha value is -1.19. The van der Waals surface area contributed by atoms with Gasteiger partial charge in [-0.1, -0.05) is 0 Å². The second-order valence-electron chi connectivity index (χ2n) is 2.74. The van der Waals surface area contributed by atoms with E-state index in [1.165, 1.54) is 6.08 Å². The summed E-state index contributed by atoms with van der Waals surface area (Å²) in [5.74, 6) is -0.888. The first kappa shape index (κ1) is 8.90. The fourth-order valence-electron chi connectivity index (χ4n) is 1.28. The maximum absolute atomic E-state index is 10.5. The lowest BCUT2D eigenvalue weighted by Gasteiger charge is -2.23. The fourth-order valence-corrected chi connectivity index (χ4v) is 1.28. The van der Waals surface area contributed by atoms with E-state index in [-0.39, 0.29) is 6.04 Å². The minimum absolute atomic E-state index is 0.176. The lowest BCUT2D eigenvalue weighted by atomic mass is 10.0. The summed E-state index contributed by atoms with van der Waals surface area (Å²) in [7, 11) is 0. The molecule has 0 aliphatic carbocycles. The summed E-state index contributed by atoms with van der Waals surface area (Å²) in [5.41, 5.74) is 0. The second-order valence-corrected chi connectivity index (χ2v) is 2.74. The van der Waals surface area contributed by atoms with Gasteiger partial charge < -0.3 is 10.4 Å². The van der Waals surface area contributed by atoms with Gasteiger partial charge >= 0.3 is 5.97 Å². The molecule has 12 heavy (non-hydrogen) atoms. The lowest BCUT2D eigenvalue weighted by Crippen LogP contribution is -2.44. The van der Waals surface area contributed by atoms with Crippen molar-refractivity contribution in [3.63, 3.8) is 0 Å². The van der Waals surface area contributed by atoms with E-state index in [1.54, 1.807) is 0 Å². The molecule has 0 bridgehead atoms. The SMILES string of the molecule is O=C=NC1CCNC(C(=O)O)C1. The quantitative estimate of drug-likeness (QED) is 0.433. The van der Waals surface area contributed by atoms with Crippen LogP contribution in [0.1, 0.15) is 12.8 Å². The molecule has 0 aromatic carbocycles. The number of carbonyl (C=O) groups excluding carboxylic acids is 1. The molecular formula is C7H10N2O3. The molecule has 0 aromatic heterocycles. The largest absolute Gasteiger partial charge is 0.480 e. The number of nitrogens with zero attached hydrogens (tertiary/aromatic N) is 1. The third-order valence-electron chi connectivity index (χ3n) is 1.91. The molecular weight excluding hydrogens is 160 g/mol. The van der Waals surface area contributed by atoms with Crippen molar-refractivity contribution < 1.29 is 14.7 Å². The first-order valence-electron chi connectivity index (χ1n) is 3.77. The van der Waals surface area contributed by atoms with Crippen LogP contribution in [0.5, 0.6) is 0 Å². The van der Waals surface area contributed by atoms with Gasteiger partial charge in [0.15, 0.2) is 0 Å². The number of carboxylic acid groups (broad SMARTS) is 1. The predicted molar refractivity (Wildman–Crippen MR) is 40.6 cm³/mol. The normalized spacial score (nSPS) is 29.0. The van der Waals surface area contributed by atoms with Crippen LogP contribution in [0.15, 0.2) is 4.99 Å². The molecule has 2 unspecified atom stereocenters. The Morgan fingerprint density at radius 2 is 2.42 bits per heavy atom. The molecule has 2 N–H and O–H groups in total. The van der Waals surface area contributed by atoms with Crippen molar-refractivity contribution in [2.45, 2.75) is 24.9 Å². The molecule has 0 amide bonds. The maximum Gasteiger partial charge on any atom is 0.320 e. The molecule has 66 valence electrons. The molecule has 5 nitrogen and oxygen atoms in total. The molecule has 1 aliphatic rings. The van der Waals surface area contributed by atoms with E-state index in [9.17, 15) is 9.59 Å². The van der Waals surface area contributed by atoms with E-state index in [0.29, 0.717) is 19.4 Å². The van der Waals surface area contributed by atoms with Gasteiger partial charge in [0.25, 0.3) is 0 Å². The first-order valence-corrected chi connectivity index (χ1v) is 3.77. The maximum atomic E-state index is 10.5. The molecule has 0 aromatic rings. The molecule has 1 fully saturated rings. The smallest absolute Gasteiger partial charge is 0.320 e. The van der Waals surface area contributed by atoms with E-state index in [1.807, 2.05) is 0 Å². The van der Waals surface area contributed by atoms with Gasteiger partial charge in [0.2, 0.25) is 6.08 Å². The number of rotatable bonds is 2. The van der Waals surface area contributed by atoms with Gasteiger partial charge in [-0.05, 0) is 19.4 Å². The number of piperidine rings is 1. The van der Waals surface area contributed by atoms with Gasteiger partial charge in [-0.3, -0.25) is 4.79 Å². The second kappa shape index (κ2) is 3.99. The van der Waals surface area contributed by atoms with Crippen LogP contribution in [-0.4, -0.2) is 35.8 Å². The predicted octanol–water partition coefficient (Wildman–Crippen LogP) is -0.473. The molecule has 1 rings (SSSR count). The van der Waals surface area contributed by atoms with Crippen LogP contribution in [0.25, 0.3) is 0 Å². The first-order chi connectivity index (χ1) is 5.74. The number of carbonyl (C=O) groups is 1. The van der Waals surface area contributed by atoms with Gasteiger partial charge in [0, 0.05) is 0 Å². The zero-order valence-corrected chi connectivity index (χ0v) is 6.49.